The van der Waals surface area contributed by atoms with Crippen LogP contribution in [0.25, 0.3) is 0 Å². The van der Waals surface area contributed by atoms with E-state index < -0.39 is 0 Å². The van der Waals surface area contributed by atoms with E-state index in [-0.39, 0.29) is 5.82 Å². The highest BCUT2D eigenvalue weighted by molar-refractivity contribution is 5.20. The van der Waals surface area contributed by atoms with E-state index in [0.29, 0.717) is 11.8 Å². The topological polar surface area (TPSA) is 0 Å². The first kappa shape index (κ1) is 17.2. The van der Waals surface area contributed by atoms with Crippen LogP contribution in [0.3, 0.4) is 0 Å². The molecule has 1 aromatic rings. The normalized spacial score (nSPS) is 25.5. The van der Waals surface area contributed by atoms with Gasteiger partial charge < -0.3 is 0 Å². The van der Waals surface area contributed by atoms with Crippen molar-refractivity contribution in [2.75, 3.05) is 0 Å². The zero-order valence-electron chi connectivity index (χ0n) is 14.1. The Morgan fingerprint density at radius 2 is 1.45 bits per heavy atom. The number of benzene rings is 1. The van der Waals surface area contributed by atoms with E-state index in [2.05, 4.69) is 19.1 Å². The molecule has 1 aliphatic carbocycles. The van der Waals surface area contributed by atoms with Gasteiger partial charge in [-0.2, -0.15) is 0 Å². The van der Waals surface area contributed by atoms with Gasteiger partial charge in [0.05, 0.1) is 0 Å². The second-order valence-electron chi connectivity index (χ2n) is 6.82. The Morgan fingerprint density at radius 3 is 2.09 bits per heavy atom. The van der Waals surface area contributed by atoms with Gasteiger partial charge in [0, 0.05) is 0 Å². The molecular weight excluding hydrogens is 271 g/mol. The molecule has 0 aliphatic heterocycles. The summed E-state index contributed by atoms with van der Waals surface area (Å²) in [5.41, 5.74) is 1.33. The van der Waals surface area contributed by atoms with Gasteiger partial charge in [-0.25, -0.2) is 4.39 Å². The molecule has 2 atom stereocenters. The van der Waals surface area contributed by atoms with Crippen LogP contribution in [0.1, 0.15) is 82.6 Å². The van der Waals surface area contributed by atoms with Crippen molar-refractivity contribution in [2.45, 2.75) is 77.0 Å². The van der Waals surface area contributed by atoms with Crippen LogP contribution in [-0.2, 0) is 0 Å². The summed E-state index contributed by atoms with van der Waals surface area (Å²) in [6.45, 7) is 2.13. The van der Waals surface area contributed by atoms with Gasteiger partial charge in [0.15, 0.2) is 0 Å². The van der Waals surface area contributed by atoms with Gasteiger partial charge in [-0.3, -0.25) is 0 Å². The van der Waals surface area contributed by atoms with Crippen molar-refractivity contribution in [3.05, 3.63) is 47.8 Å². The average molecular weight is 302 g/mol. The molecule has 0 radical (unpaired) electrons. The van der Waals surface area contributed by atoms with Crippen LogP contribution in [-0.4, -0.2) is 0 Å². The van der Waals surface area contributed by atoms with E-state index in [4.69, 9.17) is 0 Å². The Morgan fingerprint density at radius 1 is 0.864 bits per heavy atom. The van der Waals surface area contributed by atoms with Crippen molar-refractivity contribution < 1.29 is 4.39 Å². The van der Waals surface area contributed by atoms with E-state index >= 15 is 0 Å². The lowest BCUT2D eigenvalue weighted by atomic mass is 9.82. The quantitative estimate of drug-likeness (QED) is 0.515. The van der Waals surface area contributed by atoms with Crippen molar-refractivity contribution in [3.63, 3.8) is 0 Å². The summed E-state index contributed by atoms with van der Waals surface area (Å²) in [4.78, 5) is 0. The molecule has 1 saturated carbocycles. The Labute approximate surface area is 135 Å². The maximum atomic E-state index is 13.2. The second-order valence-corrected chi connectivity index (χ2v) is 6.82. The van der Waals surface area contributed by atoms with Crippen LogP contribution in [0.5, 0.6) is 0 Å². The summed E-state index contributed by atoms with van der Waals surface area (Å²) in [6, 6.07) is 7.24. The van der Waals surface area contributed by atoms with Crippen LogP contribution >= 0.6 is 0 Å². The van der Waals surface area contributed by atoms with Crippen molar-refractivity contribution in [1.29, 1.82) is 0 Å². The van der Waals surface area contributed by atoms with Crippen LogP contribution in [0.2, 0.25) is 0 Å². The van der Waals surface area contributed by atoms with Gasteiger partial charge in [-0.05, 0) is 55.7 Å². The summed E-state index contributed by atoms with van der Waals surface area (Å²) in [5.74, 6) is 1.14. The summed E-state index contributed by atoms with van der Waals surface area (Å²) < 4.78 is 13.2. The fourth-order valence-corrected chi connectivity index (χ4v) is 3.77. The molecule has 1 aromatic carbocycles. The number of hydrogen-bond acceptors (Lipinski definition) is 0. The number of hydrogen-bond donors (Lipinski definition) is 0. The average Bonchev–Trinajstić information content (AvgIpc) is 2.51. The lowest BCUT2D eigenvalue weighted by molar-refractivity contribution is 0.414. The third-order valence-corrected chi connectivity index (χ3v) is 5.02. The fraction of sp³-hybridized carbons (Fsp3) is 0.619. The molecular formula is C21H31F. The maximum absolute atomic E-state index is 13.2. The first-order chi connectivity index (χ1) is 10.8. The monoisotopic (exact) mass is 302 g/mol. The predicted octanol–water partition coefficient (Wildman–Crippen LogP) is 7.02. The molecule has 0 bridgehead atoms. The molecule has 2 unspecified atom stereocenters. The SMILES string of the molecule is C/C=C/C1CCCCCCCCCC(c2ccc(F)cc2)C1. The van der Waals surface area contributed by atoms with E-state index in [1.54, 1.807) is 12.1 Å². The van der Waals surface area contributed by atoms with Gasteiger partial charge in [-0.1, -0.05) is 69.2 Å². The van der Waals surface area contributed by atoms with Crippen LogP contribution in [0, 0.1) is 11.7 Å². The van der Waals surface area contributed by atoms with Gasteiger partial charge >= 0.3 is 0 Å². The molecule has 1 aliphatic rings. The minimum atomic E-state index is -0.123. The highest BCUT2D eigenvalue weighted by Gasteiger charge is 2.17. The van der Waals surface area contributed by atoms with Crippen LogP contribution in [0.4, 0.5) is 4.39 Å². The maximum Gasteiger partial charge on any atom is 0.123 e. The number of allylic oxidation sites excluding steroid dienone is 2. The van der Waals surface area contributed by atoms with Crippen LogP contribution in [0.15, 0.2) is 36.4 Å². The Kier molecular flexibility index (Phi) is 7.70. The van der Waals surface area contributed by atoms with Crippen molar-refractivity contribution >= 4 is 0 Å². The fourth-order valence-electron chi connectivity index (χ4n) is 3.77. The Bertz CT molecular complexity index is 432. The molecule has 22 heavy (non-hydrogen) atoms. The van der Waals surface area contributed by atoms with Crippen molar-refractivity contribution in [3.8, 4) is 0 Å². The summed E-state index contributed by atoms with van der Waals surface area (Å²) >= 11 is 0. The van der Waals surface area contributed by atoms with Crippen LogP contribution < -0.4 is 0 Å². The Hall–Kier alpha value is -1.11. The highest BCUT2D eigenvalue weighted by Crippen LogP contribution is 2.33. The third-order valence-electron chi connectivity index (χ3n) is 5.02. The number of rotatable bonds is 2. The molecule has 0 aromatic heterocycles. The molecule has 122 valence electrons. The second kappa shape index (κ2) is 9.82. The molecule has 0 heterocycles. The summed E-state index contributed by atoms with van der Waals surface area (Å²) in [6.07, 6.45) is 18.0. The molecule has 0 nitrogen and oxygen atoms in total. The highest BCUT2D eigenvalue weighted by atomic mass is 19.1. The van der Waals surface area contributed by atoms with Gasteiger partial charge in [0.1, 0.15) is 5.82 Å². The number of halogens is 1. The van der Waals surface area contributed by atoms with Gasteiger partial charge in [0.2, 0.25) is 0 Å². The first-order valence-corrected chi connectivity index (χ1v) is 9.18. The van der Waals surface area contributed by atoms with E-state index in [9.17, 15) is 4.39 Å². The van der Waals surface area contributed by atoms with Gasteiger partial charge in [0.25, 0.3) is 0 Å². The molecule has 2 rings (SSSR count). The largest absolute Gasteiger partial charge is 0.207 e. The predicted molar refractivity (Wildman–Crippen MR) is 93.6 cm³/mol. The molecule has 1 heteroatoms. The van der Waals surface area contributed by atoms with E-state index in [1.807, 2.05) is 12.1 Å². The Balaban J connectivity index is 2.08. The zero-order valence-corrected chi connectivity index (χ0v) is 14.1. The molecule has 0 N–H and O–H groups in total. The third kappa shape index (κ3) is 5.94. The zero-order chi connectivity index (χ0) is 15.6. The van der Waals surface area contributed by atoms with E-state index in [0.717, 1.165) is 0 Å². The van der Waals surface area contributed by atoms with Crippen molar-refractivity contribution in [2.24, 2.45) is 5.92 Å². The lowest BCUT2D eigenvalue weighted by Gasteiger charge is -2.23. The molecule has 0 saturated heterocycles. The summed E-state index contributed by atoms with van der Waals surface area (Å²) in [5, 5.41) is 0. The van der Waals surface area contributed by atoms with E-state index in [1.165, 1.54) is 69.8 Å². The summed E-state index contributed by atoms with van der Waals surface area (Å²) in [7, 11) is 0. The molecule has 1 fully saturated rings. The smallest absolute Gasteiger partial charge is 0.123 e. The lowest BCUT2D eigenvalue weighted by Crippen LogP contribution is -2.08. The molecule has 0 amide bonds. The first-order valence-electron chi connectivity index (χ1n) is 9.18. The minimum absolute atomic E-state index is 0.123. The molecule has 0 spiro atoms. The van der Waals surface area contributed by atoms with Gasteiger partial charge in [-0.15, -0.1) is 0 Å². The minimum Gasteiger partial charge on any atom is -0.207 e. The standard InChI is InChI=1S/C21H31F/c1-2-10-18-11-8-6-4-3-5-7-9-12-20(17-18)19-13-15-21(22)16-14-19/h2,10,13-16,18,20H,3-9,11-12,17H2,1H3/b10-2+. The van der Waals surface area contributed by atoms with Crippen molar-refractivity contribution in [1.82, 2.24) is 0 Å².